The van der Waals surface area contributed by atoms with Crippen molar-refractivity contribution in [2.24, 2.45) is 0 Å². The van der Waals surface area contributed by atoms with E-state index in [-0.39, 0.29) is 18.1 Å². The van der Waals surface area contributed by atoms with E-state index in [1.54, 1.807) is 29.2 Å². The molecule has 31 heavy (non-hydrogen) atoms. The van der Waals surface area contributed by atoms with Gasteiger partial charge in [-0.3, -0.25) is 19.8 Å². The number of alkyl halides is 3. The van der Waals surface area contributed by atoms with Crippen LogP contribution in [0.5, 0.6) is 5.75 Å². The molecule has 0 saturated carbocycles. The lowest BCUT2D eigenvalue weighted by atomic mass is 10.1. The number of benzene rings is 2. The molecule has 2 aromatic carbocycles. The molecule has 1 aliphatic heterocycles. The van der Waals surface area contributed by atoms with E-state index in [4.69, 9.17) is 4.74 Å². The molecule has 0 radical (unpaired) electrons. The number of methoxy groups -OCH3 is 1. The van der Waals surface area contributed by atoms with Gasteiger partial charge in [0.15, 0.2) is 0 Å². The molecule has 0 spiro atoms. The summed E-state index contributed by atoms with van der Waals surface area (Å²) in [5.41, 5.74) is -0.961. The number of para-hydroxylation sites is 2. The van der Waals surface area contributed by atoms with Gasteiger partial charge in [-0.15, -0.1) is 0 Å². The third-order valence-electron chi connectivity index (χ3n) is 4.96. The molecule has 0 bridgehead atoms. The summed E-state index contributed by atoms with van der Waals surface area (Å²) >= 11 is 0. The predicted octanol–water partition coefficient (Wildman–Crippen LogP) is 3.38. The number of nitrogens with one attached hydrogen (secondary N) is 1. The van der Waals surface area contributed by atoms with Gasteiger partial charge >= 0.3 is 6.18 Å². The number of nitrogens with zero attached hydrogens (tertiary/aromatic N) is 3. The summed E-state index contributed by atoms with van der Waals surface area (Å²) in [6.45, 7) is 1.65. The molecule has 166 valence electrons. The first-order chi connectivity index (χ1) is 14.7. The SMILES string of the molecule is COc1ccccc1NC(=O)CN1CCN(c2ccc(C(F)(F)F)cc2[N+](=O)[O-])CC1. The summed E-state index contributed by atoms with van der Waals surface area (Å²) in [4.78, 5) is 26.4. The third kappa shape index (κ3) is 5.43. The minimum Gasteiger partial charge on any atom is -0.495 e. The molecule has 3 rings (SSSR count). The van der Waals surface area contributed by atoms with E-state index >= 15 is 0 Å². The maximum atomic E-state index is 12.9. The Morgan fingerprint density at radius 3 is 2.45 bits per heavy atom. The van der Waals surface area contributed by atoms with Crippen molar-refractivity contribution in [3.8, 4) is 5.75 Å². The van der Waals surface area contributed by atoms with Crippen molar-refractivity contribution in [2.75, 3.05) is 50.1 Å². The zero-order valence-electron chi connectivity index (χ0n) is 16.7. The van der Waals surface area contributed by atoms with Gasteiger partial charge in [0.2, 0.25) is 5.91 Å². The lowest BCUT2D eigenvalue weighted by molar-refractivity contribution is -0.384. The molecular weight excluding hydrogens is 417 g/mol. The van der Waals surface area contributed by atoms with Gasteiger partial charge in [0.1, 0.15) is 11.4 Å². The Bertz CT molecular complexity index is 960. The maximum Gasteiger partial charge on any atom is 0.416 e. The lowest BCUT2D eigenvalue weighted by Crippen LogP contribution is -2.48. The number of hydrogen-bond acceptors (Lipinski definition) is 6. The second-order valence-electron chi connectivity index (χ2n) is 6.97. The maximum absolute atomic E-state index is 12.9. The Hall–Kier alpha value is -3.34. The molecule has 0 aliphatic carbocycles. The molecule has 2 aromatic rings. The third-order valence-corrected chi connectivity index (χ3v) is 4.96. The molecule has 1 N–H and O–H groups in total. The van der Waals surface area contributed by atoms with Crippen molar-refractivity contribution < 1.29 is 27.6 Å². The van der Waals surface area contributed by atoms with E-state index in [0.29, 0.717) is 43.7 Å². The van der Waals surface area contributed by atoms with Crippen molar-refractivity contribution in [1.82, 2.24) is 4.90 Å². The van der Waals surface area contributed by atoms with E-state index in [0.717, 1.165) is 12.1 Å². The van der Waals surface area contributed by atoms with Crippen LogP contribution in [0.15, 0.2) is 42.5 Å². The van der Waals surface area contributed by atoms with Crippen LogP contribution >= 0.6 is 0 Å². The van der Waals surface area contributed by atoms with Gasteiger partial charge in [-0.05, 0) is 24.3 Å². The van der Waals surface area contributed by atoms with Gasteiger partial charge in [0.25, 0.3) is 5.69 Å². The van der Waals surface area contributed by atoms with Crippen LogP contribution < -0.4 is 15.0 Å². The van der Waals surface area contributed by atoms with E-state index in [9.17, 15) is 28.1 Å². The van der Waals surface area contributed by atoms with Gasteiger partial charge < -0.3 is 15.0 Å². The number of carbonyl (C=O) groups is 1. The fourth-order valence-corrected chi connectivity index (χ4v) is 3.40. The molecule has 1 fully saturated rings. The molecule has 11 heteroatoms. The number of anilines is 2. The number of nitro benzene ring substituents is 1. The van der Waals surface area contributed by atoms with Crippen molar-refractivity contribution >= 4 is 23.0 Å². The molecule has 1 amide bonds. The van der Waals surface area contributed by atoms with Crippen molar-refractivity contribution in [2.45, 2.75) is 6.18 Å². The van der Waals surface area contributed by atoms with Crippen molar-refractivity contribution in [1.29, 1.82) is 0 Å². The van der Waals surface area contributed by atoms with Crippen molar-refractivity contribution in [3.63, 3.8) is 0 Å². The zero-order chi connectivity index (χ0) is 22.6. The van der Waals surface area contributed by atoms with Gasteiger partial charge in [-0.25, -0.2) is 0 Å². The summed E-state index contributed by atoms with van der Waals surface area (Å²) in [5.74, 6) is 0.300. The minimum atomic E-state index is -4.66. The Balaban J connectivity index is 1.62. The summed E-state index contributed by atoms with van der Waals surface area (Å²) in [6.07, 6.45) is -4.66. The lowest BCUT2D eigenvalue weighted by Gasteiger charge is -2.35. The number of halogens is 3. The average molecular weight is 438 g/mol. The highest BCUT2D eigenvalue weighted by atomic mass is 19.4. The van der Waals surface area contributed by atoms with Gasteiger partial charge in [0, 0.05) is 32.2 Å². The average Bonchev–Trinajstić information content (AvgIpc) is 2.73. The van der Waals surface area contributed by atoms with E-state index in [1.165, 1.54) is 7.11 Å². The second kappa shape index (κ2) is 9.21. The number of piperazine rings is 1. The van der Waals surface area contributed by atoms with Crippen LogP contribution in [0.2, 0.25) is 0 Å². The molecule has 1 heterocycles. The van der Waals surface area contributed by atoms with Crippen LogP contribution in [-0.4, -0.2) is 55.6 Å². The monoisotopic (exact) mass is 438 g/mol. The standard InChI is InChI=1S/C20H21F3N4O4/c1-31-18-5-3-2-4-15(18)24-19(28)13-25-8-10-26(11-9-25)16-7-6-14(20(21,22)23)12-17(16)27(29)30/h2-7,12H,8-11,13H2,1H3,(H,24,28). The first kappa shape index (κ1) is 22.3. The summed E-state index contributed by atoms with van der Waals surface area (Å²) < 4.78 is 43.9. The van der Waals surface area contributed by atoms with E-state index in [2.05, 4.69) is 5.32 Å². The number of hydrogen-bond donors (Lipinski definition) is 1. The summed E-state index contributed by atoms with van der Waals surface area (Å²) in [5, 5.41) is 14.1. The highest BCUT2D eigenvalue weighted by molar-refractivity contribution is 5.93. The molecule has 8 nitrogen and oxygen atoms in total. The minimum absolute atomic E-state index is 0.112. The molecule has 1 saturated heterocycles. The molecule has 0 atom stereocenters. The number of carbonyl (C=O) groups excluding carboxylic acids is 1. The first-order valence-corrected chi connectivity index (χ1v) is 9.45. The number of ether oxygens (including phenoxy) is 1. The number of rotatable bonds is 6. The first-order valence-electron chi connectivity index (χ1n) is 9.45. The highest BCUT2D eigenvalue weighted by Gasteiger charge is 2.34. The Morgan fingerprint density at radius 1 is 1.16 bits per heavy atom. The molecular formula is C20H21F3N4O4. The smallest absolute Gasteiger partial charge is 0.416 e. The topological polar surface area (TPSA) is 88.0 Å². The quantitative estimate of drug-likeness (QED) is 0.550. The summed E-state index contributed by atoms with van der Waals surface area (Å²) in [6, 6.07) is 9.54. The fraction of sp³-hybridized carbons (Fsp3) is 0.350. The molecule has 0 aromatic heterocycles. The highest BCUT2D eigenvalue weighted by Crippen LogP contribution is 2.36. The Morgan fingerprint density at radius 2 is 1.84 bits per heavy atom. The number of nitro groups is 1. The van der Waals surface area contributed by atoms with Crippen LogP contribution in [-0.2, 0) is 11.0 Å². The fourth-order valence-electron chi connectivity index (χ4n) is 3.40. The van der Waals surface area contributed by atoms with E-state index in [1.807, 2.05) is 4.90 Å². The van der Waals surface area contributed by atoms with Crippen LogP contribution in [0.4, 0.5) is 30.2 Å². The normalized spacial score (nSPS) is 14.9. The molecule has 1 aliphatic rings. The number of amides is 1. The Labute approximate surface area is 176 Å². The van der Waals surface area contributed by atoms with Crippen molar-refractivity contribution in [3.05, 3.63) is 58.1 Å². The zero-order valence-corrected chi connectivity index (χ0v) is 16.7. The van der Waals surface area contributed by atoms with Crippen LogP contribution in [0.3, 0.4) is 0 Å². The van der Waals surface area contributed by atoms with Gasteiger partial charge in [0.05, 0.1) is 29.8 Å². The largest absolute Gasteiger partial charge is 0.495 e. The summed E-state index contributed by atoms with van der Waals surface area (Å²) in [7, 11) is 1.50. The predicted molar refractivity (Wildman–Crippen MR) is 108 cm³/mol. The van der Waals surface area contributed by atoms with Gasteiger partial charge in [-0.1, -0.05) is 12.1 Å². The second-order valence-corrected chi connectivity index (χ2v) is 6.97. The van der Waals surface area contributed by atoms with Crippen LogP contribution in [0.1, 0.15) is 5.56 Å². The Kier molecular flexibility index (Phi) is 6.64. The van der Waals surface area contributed by atoms with Crippen LogP contribution in [0.25, 0.3) is 0 Å². The van der Waals surface area contributed by atoms with Gasteiger partial charge in [-0.2, -0.15) is 13.2 Å². The van der Waals surface area contributed by atoms with Crippen LogP contribution in [0, 0.1) is 10.1 Å². The molecule has 0 unspecified atom stereocenters. The van der Waals surface area contributed by atoms with E-state index < -0.39 is 22.4 Å².